The molecule has 3 heterocycles. The molecule has 1 atom stereocenters. The second-order valence-electron chi connectivity index (χ2n) is 4.79. The average molecular weight is 276 g/mol. The van der Waals surface area contributed by atoms with E-state index in [9.17, 15) is 4.79 Å². The lowest BCUT2D eigenvalue weighted by Crippen LogP contribution is -2.46. The molecule has 0 aromatic carbocycles. The zero-order chi connectivity index (χ0) is 13.9. The minimum atomic E-state index is -0.267. The molecule has 20 heavy (non-hydrogen) atoms. The number of carbonyl (C=O) groups excluding carboxylic acids is 1. The van der Waals surface area contributed by atoms with E-state index in [0.29, 0.717) is 17.9 Å². The van der Waals surface area contributed by atoms with E-state index in [-0.39, 0.29) is 17.6 Å². The highest BCUT2D eigenvalue weighted by Crippen LogP contribution is 2.22. The number of fused-ring (bicyclic) bond motifs is 1. The molecule has 0 radical (unpaired) electrons. The van der Waals surface area contributed by atoms with Crippen LogP contribution in [0.25, 0.3) is 11.3 Å². The van der Waals surface area contributed by atoms with Gasteiger partial charge < -0.3 is 9.15 Å². The van der Waals surface area contributed by atoms with Gasteiger partial charge in [0, 0.05) is 19.7 Å². The Balaban J connectivity index is 1.73. The van der Waals surface area contributed by atoms with Crippen LogP contribution >= 0.6 is 0 Å². The topological polar surface area (TPSA) is 80.5 Å². The van der Waals surface area contributed by atoms with Crippen molar-refractivity contribution in [3.05, 3.63) is 24.3 Å². The maximum Gasteiger partial charge on any atom is 0.286 e. The predicted molar refractivity (Wildman–Crippen MR) is 70.0 cm³/mol. The molecule has 7 nitrogen and oxygen atoms in total. The van der Waals surface area contributed by atoms with Crippen LogP contribution in [0.15, 0.2) is 23.0 Å². The number of rotatable bonds is 4. The largest absolute Gasteiger partial charge is 0.472 e. The molecule has 3 rings (SSSR count). The van der Waals surface area contributed by atoms with Gasteiger partial charge in [-0.3, -0.25) is 10.2 Å². The molecule has 3 aliphatic rings. The first-order valence-electron chi connectivity index (χ1n) is 6.54. The highest BCUT2D eigenvalue weighted by atomic mass is 16.5. The Hall–Kier alpha value is -1.99. The molecule has 0 bridgehead atoms. The number of nitrogens with one attached hydrogen (secondary N) is 1. The first-order chi connectivity index (χ1) is 9.79. The highest BCUT2D eigenvalue weighted by molar-refractivity contribution is 5.98. The summed E-state index contributed by atoms with van der Waals surface area (Å²) < 4.78 is 10.2. The summed E-state index contributed by atoms with van der Waals surface area (Å²) in [7, 11) is 1.66. The Morgan fingerprint density at radius 2 is 2.50 bits per heavy atom. The van der Waals surface area contributed by atoms with E-state index in [1.807, 2.05) is 5.01 Å². The van der Waals surface area contributed by atoms with Gasteiger partial charge in [0.25, 0.3) is 5.91 Å². The summed E-state index contributed by atoms with van der Waals surface area (Å²) in [5, 5.41) is 9.79. The third-order valence-corrected chi connectivity index (χ3v) is 3.48. The van der Waals surface area contributed by atoms with E-state index in [1.54, 1.807) is 13.2 Å². The molecule has 0 aromatic heterocycles. The maximum absolute atomic E-state index is 12.3. The Bertz CT molecular complexity index is 571. The van der Waals surface area contributed by atoms with E-state index in [2.05, 4.69) is 15.6 Å². The Morgan fingerprint density at radius 3 is 3.35 bits per heavy atom. The second-order valence-corrected chi connectivity index (χ2v) is 4.79. The minimum Gasteiger partial charge on any atom is -0.472 e. The monoisotopic (exact) mass is 276 g/mol. The number of hydrazine groups is 1. The fourth-order valence-electron chi connectivity index (χ4n) is 2.48. The van der Waals surface area contributed by atoms with Crippen molar-refractivity contribution < 1.29 is 13.9 Å². The van der Waals surface area contributed by atoms with Crippen LogP contribution in [-0.2, 0) is 4.74 Å². The number of amides is 1. The summed E-state index contributed by atoms with van der Waals surface area (Å²) in [5.41, 5.74) is 4.43. The molecule has 0 aliphatic carbocycles. The molecule has 0 aromatic rings. The Kier molecular flexibility index (Phi) is 3.62. The van der Waals surface area contributed by atoms with Gasteiger partial charge in [-0.2, -0.15) is 0 Å². The van der Waals surface area contributed by atoms with Crippen molar-refractivity contribution in [3.8, 4) is 11.3 Å². The van der Waals surface area contributed by atoms with Gasteiger partial charge in [0.15, 0.2) is 5.69 Å². The SMILES string of the molecule is COC[C@H]1CCCN1NC(=O)c1nnc2ccocc1-2. The normalized spacial score (nSPS) is 19.6. The van der Waals surface area contributed by atoms with Gasteiger partial charge in [-0.15, -0.1) is 10.2 Å². The first kappa shape index (κ1) is 13.0. The molecule has 7 heteroatoms. The molecule has 1 amide bonds. The predicted octanol–water partition coefficient (Wildman–Crippen LogP) is 0.930. The van der Waals surface area contributed by atoms with Crippen molar-refractivity contribution in [1.82, 2.24) is 20.6 Å². The van der Waals surface area contributed by atoms with E-state index < -0.39 is 0 Å². The van der Waals surface area contributed by atoms with E-state index in [1.165, 1.54) is 12.5 Å². The van der Waals surface area contributed by atoms with Gasteiger partial charge in [0.05, 0.1) is 24.5 Å². The first-order valence-corrected chi connectivity index (χ1v) is 6.54. The van der Waals surface area contributed by atoms with Gasteiger partial charge in [-0.25, -0.2) is 5.01 Å². The zero-order valence-electron chi connectivity index (χ0n) is 11.2. The summed E-state index contributed by atoms with van der Waals surface area (Å²) in [4.78, 5) is 12.3. The molecule has 1 saturated heterocycles. The van der Waals surface area contributed by atoms with Crippen LogP contribution in [0.2, 0.25) is 0 Å². The number of ether oxygens (including phenoxy) is 1. The molecular weight excluding hydrogens is 260 g/mol. The molecule has 1 N–H and O–H groups in total. The van der Waals surface area contributed by atoms with Crippen LogP contribution in [-0.4, -0.2) is 47.4 Å². The van der Waals surface area contributed by atoms with Gasteiger partial charge in [0.1, 0.15) is 12.0 Å². The molecule has 0 spiro atoms. The Labute approximate surface area is 116 Å². The summed E-state index contributed by atoms with van der Waals surface area (Å²) in [5.74, 6) is -0.267. The van der Waals surface area contributed by atoms with Crippen LogP contribution in [0, 0.1) is 0 Å². The van der Waals surface area contributed by atoms with Crippen LogP contribution in [0.1, 0.15) is 23.3 Å². The fraction of sp³-hybridized carbons (Fsp3) is 0.462. The zero-order valence-corrected chi connectivity index (χ0v) is 11.2. The lowest BCUT2D eigenvalue weighted by molar-refractivity contribution is 0.0607. The third-order valence-electron chi connectivity index (χ3n) is 3.48. The second kappa shape index (κ2) is 5.56. The number of aromatic nitrogens is 2. The van der Waals surface area contributed by atoms with Crippen molar-refractivity contribution >= 4 is 5.91 Å². The van der Waals surface area contributed by atoms with Crippen molar-refractivity contribution in [2.45, 2.75) is 18.9 Å². The van der Waals surface area contributed by atoms with Gasteiger partial charge in [-0.05, 0) is 12.8 Å². The van der Waals surface area contributed by atoms with E-state index >= 15 is 0 Å². The number of methoxy groups -OCH3 is 1. The lowest BCUT2D eigenvalue weighted by atomic mass is 10.2. The van der Waals surface area contributed by atoms with Gasteiger partial charge in [-0.1, -0.05) is 0 Å². The molecular formula is C13H16N4O3. The number of hydrogen-bond donors (Lipinski definition) is 1. The molecule has 106 valence electrons. The quantitative estimate of drug-likeness (QED) is 0.894. The molecule has 0 unspecified atom stereocenters. The van der Waals surface area contributed by atoms with Crippen LogP contribution in [0.4, 0.5) is 0 Å². The smallest absolute Gasteiger partial charge is 0.286 e. The maximum atomic E-state index is 12.3. The van der Waals surface area contributed by atoms with E-state index in [0.717, 1.165) is 19.4 Å². The molecule has 1 fully saturated rings. The molecule has 0 saturated carbocycles. The van der Waals surface area contributed by atoms with Crippen LogP contribution in [0.3, 0.4) is 0 Å². The summed E-state index contributed by atoms with van der Waals surface area (Å²) in [6.07, 6.45) is 5.04. The number of hydrogen-bond acceptors (Lipinski definition) is 6. The van der Waals surface area contributed by atoms with Crippen molar-refractivity contribution in [2.75, 3.05) is 20.3 Å². The number of carbonyl (C=O) groups is 1. The minimum absolute atomic E-state index is 0.211. The van der Waals surface area contributed by atoms with Gasteiger partial charge >= 0.3 is 0 Å². The van der Waals surface area contributed by atoms with Crippen LogP contribution in [0.5, 0.6) is 0 Å². The average Bonchev–Trinajstić information content (AvgIpc) is 3.06. The third kappa shape index (κ3) is 2.37. The lowest BCUT2D eigenvalue weighted by Gasteiger charge is -2.23. The van der Waals surface area contributed by atoms with Crippen molar-refractivity contribution in [2.24, 2.45) is 0 Å². The summed E-state index contributed by atoms with van der Waals surface area (Å²) in [6, 6.07) is 1.89. The Morgan fingerprint density at radius 1 is 1.60 bits per heavy atom. The highest BCUT2D eigenvalue weighted by Gasteiger charge is 2.28. The van der Waals surface area contributed by atoms with Crippen molar-refractivity contribution in [3.63, 3.8) is 0 Å². The van der Waals surface area contributed by atoms with Crippen LogP contribution < -0.4 is 5.43 Å². The fourth-order valence-corrected chi connectivity index (χ4v) is 2.48. The van der Waals surface area contributed by atoms with E-state index in [4.69, 9.17) is 9.15 Å². The number of nitrogens with zero attached hydrogens (tertiary/aromatic N) is 3. The summed E-state index contributed by atoms with van der Waals surface area (Å²) in [6.45, 7) is 1.42. The van der Waals surface area contributed by atoms with Gasteiger partial charge in [0.2, 0.25) is 0 Å². The van der Waals surface area contributed by atoms with Crippen molar-refractivity contribution in [1.29, 1.82) is 0 Å². The summed E-state index contributed by atoms with van der Waals surface area (Å²) >= 11 is 0. The standard InChI is InChI=1S/C13H16N4O3/c1-19-7-9-3-2-5-17(9)16-13(18)12-10-8-20-6-4-11(10)14-15-12/h4,6,8-9H,2-3,5,7H2,1H3,(H,16,18)/t9-/m1/s1. The molecule has 3 aliphatic heterocycles.